The molecular formula is C15H23NO2. The first-order valence-electron chi connectivity index (χ1n) is 6.39. The number of esters is 1. The normalized spacial score (nSPS) is 13.1. The summed E-state index contributed by atoms with van der Waals surface area (Å²) in [5.74, 6) is -0.228. The van der Waals surface area contributed by atoms with Crippen LogP contribution < -0.4 is 5.32 Å². The highest BCUT2D eigenvalue weighted by atomic mass is 16.5. The van der Waals surface area contributed by atoms with Gasteiger partial charge in [0, 0.05) is 6.04 Å². The van der Waals surface area contributed by atoms with E-state index < -0.39 is 5.54 Å². The molecule has 0 bridgehead atoms. The van der Waals surface area contributed by atoms with Gasteiger partial charge >= 0.3 is 5.97 Å². The second-order valence-electron chi connectivity index (χ2n) is 5.06. The Hall–Kier alpha value is -1.35. The molecule has 3 heteroatoms. The highest BCUT2D eigenvalue weighted by Gasteiger charge is 2.30. The van der Waals surface area contributed by atoms with Crippen LogP contribution in [0.5, 0.6) is 0 Å². The van der Waals surface area contributed by atoms with Gasteiger partial charge in [-0.3, -0.25) is 10.1 Å². The molecule has 100 valence electrons. The molecule has 3 nitrogen and oxygen atoms in total. The highest BCUT2D eigenvalue weighted by molar-refractivity contribution is 5.79. The summed E-state index contributed by atoms with van der Waals surface area (Å²) in [6.07, 6.45) is 1.88. The fourth-order valence-electron chi connectivity index (χ4n) is 2.02. The monoisotopic (exact) mass is 249 g/mol. The van der Waals surface area contributed by atoms with Crippen molar-refractivity contribution in [2.24, 2.45) is 0 Å². The first kappa shape index (κ1) is 14.7. The number of rotatable bonds is 6. The lowest BCUT2D eigenvalue weighted by Gasteiger charge is -2.29. The lowest BCUT2D eigenvalue weighted by Crippen LogP contribution is -2.52. The average Bonchev–Trinajstić information content (AvgIpc) is 2.37. The van der Waals surface area contributed by atoms with Crippen LogP contribution in [0.2, 0.25) is 0 Å². The summed E-state index contributed by atoms with van der Waals surface area (Å²) < 4.78 is 4.81. The molecule has 0 saturated carbocycles. The summed E-state index contributed by atoms with van der Waals surface area (Å²) in [5.41, 5.74) is 0.627. The van der Waals surface area contributed by atoms with Gasteiger partial charge in [0.2, 0.25) is 0 Å². The summed E-state index contributed by atoms with van der Waals surface area (Å²) in [4.78, 5) is 11.7. The minimum absolute atomic E-state index is 0.228. The minimum Gasteiger partial charge on any atom is -0.468 e. The van der Waals surface area contributed by atoms with Crippen molar-refractivity contribution >= 4 is 5.97 Å². The van der Waals surface area contributed by atoms with Crippen LogP contribution in [0.25, 0.3) is 0 Å². The van der Waals surface area contributed by atoms with Gasteiger partial charge in [-0.2, -0.15) is 0 Å². The topological polar surface area (TPSA) is 38.3 Å². The number of methoxy groups -OCH3 is 1. The van der Waals surface area contributed by atoms with Gasteiger partial charge in [-0.15, -0.1) is 0 Å². The smallest absolute Gasteiger partial charge is 0.325 e. The first-order chi connectivity index (χ1) is 8.49. The third kappa shape index (κ3) is 4.15. The zero-order valence-electron chi connectivity index (χ0n) is 11.7. The van der Waals surface area contributed by atoms with Gasteiger partial charge in [-0.25, -0.2) is 0 Å². The summed E-state index contributed by atoms with van der Waals surface area (Å²) in [6.45, 7) is 5.83. The maximum Gasteiger partial charge on any atom is 0.325 e. The molecule has 1 unspecified atom stereocenters. The Balaban J connectivity index is 2.65. The number of nitrogens with one attached hydrogen (secondary N) is 1. The molecule has 0 heterocycles. The van der Waals surface area contributed by atoms with E-state index in [0.29, 0.717) is 0 Å². The molecule has 18 heavy (non-hydrogen) atoms. The molecule has 1 N–H and O–H groups in total. The van der Waals surface area contributed by atoms with E-state index in [1.54, 1.807) is 0 Å². The van der Waals surface area contributed by atoms with E-state index in [4.69, 9.17) is 4.74 Å². The summed E-state index contributed by atoms with van der Waals surface area (Å²) in [7, 11) is 1.42. The Kier molecular flexibility index (Phi) is 5.35. The van der Waals surface area contributed by atoms with Gasteiger partial charge in [-0.1, -0.05) is 37.3 Å². The van der Waals surface area contributed by atoms with Crippen LogP contribution in [0.1, 0.15) is 32.8 Å². The average molecular weight is 249 g/mol. The standard InChI is InChI=1S/C15H23NO2/c1-5-13(11-12-9-7-6-8-10-12)16-15(2,3)14(17)18-4/h6-10,13,16H,5,11H2,1-4H3. The van der Waals surface area contributed by atoms with Crippen molar-refractivity contribution in [2.45, 2.75) is 45.2 Å². The fourth-order valence-corrected chi connectivity index (χ4v) is 2.02. The van der Waals surface area contributed by atoms with Gasteiger partial charge in [0.05, 0.1) is 7.11 Å². The molecule has 0 spiro atoms. The van der Waals surface area contributed by atoms with Crippen molar-refractivity contribution in [1.82, 2.24) is 5.32 Å². The van der Waals surface area contributed by atoms with E-state index >= 15 is 0 Å². The molecule has 0 fully saturated rings. The Morgan fingerprint density at radius 2 is 1.94 bits per heavy atom. The molecule has 0 amide bonds. The summed E-state index contributed by atoms with van der Waals surface area (Å²) >= 11 is 0. The van der Waals surface area contributed by atoms with E-state index in [9.17, 15) is 4.79 Å². The summed E-state index contributed by atoms with van der Waals surface area (Å²) in [6, 6.07) is 10.6. The molecule has 0 aliphatic rings. The van der Waals surface area contributed by atoms with Crippen molar-refractivity contribution in [3.05, 3.63) is 35.9 Å². The van der Waals surface area contributed by atoms with Gasteiger partial charge in [0.15, 0.2) is 0 Å². The van der Waals surface area contributed by atoms with Crippen LogP contribution in [-0.4, -0.2) is 24.7 Å². The van der Waals surface area contributed by atoms with Crippen LogP contribution in [0.4, 0.5) is 0 Å². The SMILES string of the molecule is CCC(Cc1ccccc1)NC(C)(C)C(=O)OC. The minimum atomic E-state index is -0.649. The van der Waals surface area contributed by atoms with Crippen molar-refractivity contribution in [3.8, 4) is 0 Å². The zero-order chi connectivity index (χ0) is 13.6. The maximum atomic E-state index is 11.7. The van der Waals surface area contributed by atoms with Gasteiger partial charge in [0.1, 0.15) is 5.54 Å². The van der Waals surface area contributed by atoms with Crippen LogP contribution >= 0.6 is 0 Å². The van der Waals surface area contributed by atoms with Gasteiger partial charge in [-0.05, 0) is 32.3 Å². The number of carbonyl (C=O) groups excluding carboxylic acids is 1. The second-order valence-corrected chi connectivity index (χ2v) is 5.06. The summed E-state index contributed by atoms with van der Waals surface area (Å²) in [5, 5.41) is 3.37. The number of ether oxygens (including phenoxy) is 1. The van der Waals surface area contributed by atoms with E-state index in [1.165, 1.54) is 12.7 Å². The Labute approximate surface area is 110 Å². The van der Waals surface area contributed by atoms with Gasteiger partial charge in [0.25, 0.3) is 0 Å². The number of carbonyl (C=O) groups is 1. The number of hydrogen-bond acceptors (Lipinski definition) is 3. The Morgan fingerprint density at radius 1 is 1.33 bits per heavy atom. The van der Waals surface area contributed by atoms with Crippen LogP contribution in [0, 0.1) is 0 Å². The molecule has 1 aromatic carbocycles. The third-order valence-electron chi connectivity index (χ3n) is 3.08. The van der Waals surface area contributed by atoms with E-state index in [2.05, 4.69) is 24.4 Å². The molecule has 1 atom stereocenters. The lowest BCUT2D eigenvalue weighted by molar-refractivity contribution is -0.147. The highest BCUT2D eigenvalue weighted by Crippen LogP contribution is 2.12. The van der Waals surface area contributed by atoms with Crippen molar-refractivity contribution in [2.75, 3.05) is 7.11 Å². The molecular weight excluding hydrogens is 226 g/mol. The van der Waals surface area contributed by atoms with E-state index in [1.807, 2.05) is 32.0 Å². The molecule has 0 aromatic heterocycles. The van der Waals surface area contributed by atoms with Crippen molar-refractivity contribution < 1.29 is 9.53 Å². The van der Waals surface area contributed by atoms with Crippen molar-refractivity contribution in [1.29, 1.82) is 0 Å². The number of benzene rings is 1. The largest absolute Gasteiger partial charge is 0.468 e. The number of hydrogen-bond donors (Lipinski definition) is 1. The maximum absolute atomic E-state index is 11.7. The van der Waals surface area contributed by atoms with Crippen LogP contribution in [-0.2, 0) is 16.0 Å². The fraction of sp³-hybridized carbons (Fsp3) is 0.533. The first-order valence-corrected chi connectivity index (χ1v) is 6.39. The van der Waals surface area contributed by atoms with E-state index in [0.717, 1.165) is 12.8 Å². The van der Waals surface area contributed by atoms with Crippen LogP contribution in [0.15, 0.2) is 30.3 Å². The molecule has 0 aliphatic heterocycles. The molecule has 0 aliphatic carbocycles. The lowest BCUT2D eigenvalue weighted by atomic mass is 9.98. The molecule has 0 saturated heterocycles. The third-order valence-corrected chi connectivity index (χ3v) is 3.08. The Morgan fingerprint density at radius 3 is 2.44 bits per heavy atom. The van der Waals surface area contributed by atoms with Crippen LogP contribution in [0.3, 0.4) is 0 Å². The Bertz CT molecular complexity index is 373. The molecule has 1 rings (SSSR count). The molecule has 0 radical (unpaired) electrons. The van der Waals surface area contributed by atoms with E-state index in [-0.39, 0.29) is 12.0 Å². The quantitative estimate of drug-likeness (QED) is 0.787. The second kappa shape index (κ2) is 6.55. The van der Waals surface area contributed by atoms with Gasteiger partial charge < -0.3 is 4.74 Å². The molecule has 1 aromatic rings. The van der Waals surface area contributed by atoms with Crippen molar-refractivity contribution in [3.63, 3.8) is 0 Å². The zero-order valence-corrected chi connectivity index (χ0v) is 11.7. The predicted molar refractivity (Wildman–Crippen MR) is 73.5 cm³/mol. The predicted octanol–water partition coefficient (Wildman–Crippen LogP) is 2.55.